The Labute approximate surface area is 128 Å². The van der Waals surface area contributed by atoms with Crippen LogP contribution in [0.1, 0.15) is 28.9 Å². The fourth-order valence-electron chi connectivity index (χ4n) is 2.48. The van der Waals surface area contributed by atoms with E-state index in [-0.39, 0.29) is 11.7 Å². The van der Waals surface area contributed by atoms with E-state index in [1.807, 2.05) is 0 Å². The fraction of sp³-hybridized carbons (Fsp3) is 0.312. The van der Waals surface area contributed by atoms with Gasteiger partial charge in [0.25, 0.3) is 5.91 Å². The van der Waals surface area contributed by atoms with Crippen molar-refractivity contribution < 1.29 is 9.18 Å². The van der Waals surface area contributed by atoms with Gasteiger partial charge in [-0.3, -0.25) is 4.79 Å². The van der Waals surface area contributed by atoms with Crippen LogP contribution in [0.15, 0.2) is 30.5 Å². The second-order valence-electron chi connectivity index (χ2n) is 5.32. The molecule has 3 rings (SSSR count). The average Bonchev–Trinajstić information content (AvgIpc) is 3.03. The smallest absolute Gasteiger partial charge is 0.259 e. The molecule has 0 aliphatic carbocycles. The molecule has 1 aliphatic heterocycles. The Balaban J connectivity index is 1.76. The quantitative estimate of drug-likeness (QED) is 0.947. The third kappa shape index (κ3) is 3.05. The van der Waals surface area contributed by atoms with E-state index in [4.69, 9.17) is 0 Å². The van der Waals surface area contributed by atoms with Gasteiger partial charge in [-0.05, 0) is 44.0 Å². The summed E-state index contributed by atoms with van der Waals surface area (Å²) in [6.07, 6.45) is 3.85. The van der Waals surface area contributed by atoms with E-state index in [1.54, 1.807) is 13.1 Å². The Bertz CT molecular complexity index is 681. The SMILES string of the molecule is Cc1nc(N2CCCC2)ncc1C(=O)Nc1ccc(F)cc1. The first-order valence-corrected chi connectivity index (χ1v) is 7.29. The van der Waals surface area contributed by atoms with Crippen molar-refractivity contribution in [3.63, 3.8) is 0 Å². The molecule has 1 amide bonds. The number of nitrogens with zero attached hydrogens (tertiary/aromatic N) is 3. The standard InChI is InChI=1S/C16H17FN4O/c1-11-14(10-18-16(19-11)21-8-2-3-9-21)15(22)20-13-6-4-12(17)5-7-13/h4-7,10H,2-3,8-9H2,1H3,(H,20,22). The van der Waals surface area contributed by atoms with Gasteiger partial charge >= 0.3 is 0 Å². The third-order valence-corrected chi connectivity index (χ3v) is 3.70. The zero-order chi connectivity index (χ0) is 15.5. The van der Waals surface area contributed by atoms with Gasteiger partial charge in [-0.1, -0.05) is 0 Å². The van der Waals surface area contributed by atoms with Crippen molar-refractivity contribution in [2.45, 2.75) is 19.8 Å². The zero-order valence-electron chi connectivity index (χ0n) is 12.3. The molecule has 1 aromatic heterocycles. The van der Waals surface area contributed by atoms with Crippen LogP contribution >= 0.6 is 0 Å². The van der Waals surface area contributed by atoms with Gasteiger partial charge in [0.15, 0.2) is 0 Å². The van der Waals surface area contributed by atoms with Gasteiger partial charge in [0, 0.05) is 25.0 Å². The molecular formula is C16H17FN4O. The van der Waals surface area contributed by atoms with Gasteiger partial charge in [-0.15, -0.1) is 0 Å². The zero-order valence-corrected chi connectivity index (χ0v) is 12.3. The summed E-state index contributed by atoms with van der Waals surface area (Å²) in [5, 5.41) is 2.72. The molecule has 1 saturated heterocycles. The molecule has 2 heterocycles. The summed E-state index contributed by atoms with van der Waals surface area (Å²) >= 11 is 0. The molecule has 0 bridgehead atoms. The number of amides is 1. The van der Waals surface area contributed by atoms with Crippen LogP contribution in [0.5, 0.6) is 0 Å². The molecule has 1 N–H and O–H groups in total. The molecule has 114 valence electrons. The summed E-state index contributed by atoms with van der Waals surface area (Å²) in [5.41, 5.74) is 1.60. The maximum absolute atomic E-state index is 12.9. The summed E-state index contributed by atoms with van der Waals surface area (Å²) in [7, 11) is 0. The Kier molecular flexibility index (Phi) is 4.00. The van der Waals surface area contributed by atoms with Crippen molar-refractivity contribution in [2.75, 3.05) is 23.3 Å². The largest absolute Gasteiger partial charge is 0.341 e. The summed E-state index contributed by atoms with van der Waals surface area (Å²) in [4.78, 5) is 23.1. The molecule has 0 atom stereocenters. The van der Waals surface area contributed by atoms with Gasteiger partial charge < -0.3 is 10.2 Å². The highest BCUT2D eigenvalue weighted by Gasteiger charge is 2.18. The first-order chi connectivity index (χ1) is 10.6. The van der Waals surface area contributed by atoms with Crippen molar-refractivity contribution in [3.05, 3.63) is 47.5 Å². The normalized spacial score (nSPS) is 14.2. The predicted molar refractivity (Wildman–Crippen MR) is 82.6 cm³/mol. The molecule has 1 aliphatic rings. The number of carbonyl (C=O) groups is 1. The number of hydrogen-bond donors (Lipinski definition) is 1. The number of nitrogens with one attached hydrogen (secondary N) is 1. The second kappa shape index (κ2) is 6.09. The van der Waals surface area contributed by atoms with E-state index >= 15 is 0 Å². The van der Waals surface area contributed by atoms with Crippen molar-refractivity contribution in [1.82, 2.24) is 9.97 Å². The highest BCUT2D eigenvalue weighted by molar-refractivity contribution is 6.04. The maximum Gasteiger partial charge on any atom is 0.259 e. The van der Waals surface area contributed by atoms with E-state index < -0.39 is 0 Å². The molecule has 1 aromatic carbocycles. The molecule has 0 spiro atoms. The number of rotatable bonds is 3. The molecule has 2 aromatic rings. The molecule has 0 radical (unpaired) electrons. The Morgan fingerprint density at radius 1 is 1.23 bits per heavy atom. The lowest BCUT2D eigenvalue weighted by molar-refractivity contribution is 0.102. The molecule has 22 heavy (non-hydrogen) atoms. The van der Waals surface area contributed by atoms with Gasteiger partial charge in [0.2, 0.25) is 5.95 Å². The van der Waals surface area contributed by atoms with Crippen molar-refractivity contribution in [2.24, 2.45) is 0 Å². The lowest BCUT2D eigenvalue weighted by Crippen LogP contribution is -2.22. The van der Waals surface area contributed by atoms with Crippen LogP contribution in [0.2, 0.25) is 0 Å². The van der Waals surface area contributed by atoms with Crippen molar-refractivity contribution in [1.29, 1.82) is 0 Å². The summed E-state index contributed by atoms with van der Waals surface area (Å²) in [6.45, 7) is 3.71. The van der Waals surface area contributed by atoms with Crippen LogP contribution in [-0.2, 0) is 0 Å². The van der Waals surface area contributed by atoms with Crippen LogP contribution in [0.25, 0.3) is 0 Å². The fourth-order valence-corrected chi connectivity index (χ4v) is 2.48. The van der Waals surface area contributed by atoms with Crippen molar-refractivity contribution in [3.8, 4) is 0 Å². The van der Waals surface area contributed by atoms with Crippen LogP contribution in [0.4, 0.5) is 16.0 Å². The van der Waals surface area contributed by atoms with Crippen molar-refractivity contribution >= 4 is 17.5 Å². The molecule has 1 fully saturated rings. The number of anilines is 2. The Morgan fingerprint density at radius 2 is 1.91 bits per heavy atom. The molecule has 0 unspecified atom stereocenters. The molecule has 0 saturated carbocycles. The number of hydrogen-bond acceptors (Lipinski definition) is 4. The van der Waals surface area contributed by atoms with E-state index in [1.165, 1.54) is 24.3 Å². The third-order valence-electron chi connectivity index (χ3n) is 3.70. The minimum Gasteiger partial charge on any atom is -0.341 e. The Morgan fingerprint density at radius 3 is 2.55 bits per heavy atom. The van der Waals surface area contributed by atoms with Gasteiger partial charge in [0.1, 0.15) is 5.82 Å². The van der Waals surface area contributed by atoms with Crippen LogP contribution < -0.4 is 10.2 Å². The summed E-state index contributed by atoms with van der Waals surface area (Å²) in [5.74, 6) is 0.0397. The summed E-state index contributed by atoms with van der Waals surface area (Å²) < 4.78 is 12.9. The molecule has 5 nitrogen and oxygen atoms in total. The van der Waals surface area contributed by atoms with Crippen LogP contribution in [-0.4, -0.2) is 29.0 Å². The molecule has 6 heteroatoms. The maximum atomic E-state index is 12.9. The van der Waals surface area contributed by atoms with Crippen LogP contribution in [0, 0.1) is 12.7 Å². The highest BCUT2D eigenvalue weighted by Crippen LogP contribution is 2.18. The van der Waals surface area contributed by atoms with Gasteiger partial charge in [-0.2, -0.15) is 0 Å². The highest BCUT2D eigenvalue weighted by atomic mass is 19.1. The van der Waals surface area contributed by atoms with Crippen LogP contribution in [0.3, 0.4) is 0 Å². The van der Waals surface area contributed by atoms with Gasteiger partial charge in [-0.25, -0.2) is 14.4 Å². The lowest BCUT2D eigenvalue weighted by Gasteiger charge is -2.16. The Hall–Kier alpha value is -2.50. The van der Waals surface area contributed by atoms with E-state index in [2.05, 4.69) is 20.2 Å². The number of halogens is 1. The van der Waals surface area contributed by atoms with E-state index in [0.717, 1.165) is 25.9 Å². The number of aryl methyl sites for hydroxylation is 1. The predicted octanol–water partition coefficient (Wildman–Crippen LogP) is 2.78. The number of aromatic nitrogens is 2. The molecular weight excluding hydrogens is 283 g/mol. The second-order valence-corrected chi connectivity index (χ2v) is 5.32. The topological polar surface area (TPSA) is 58.1 Å². The van der Waals surface area contributed by atoms with E-state index in [9.17, 15) is 9.18 Å². The first-order valence-electron chi connectivity index (χ1n) is 7.29. The van der Waals surface area contributed by atoms with Gasteiger partial charge in [0.05, 0.1) is 11.3 Å². The lowest BCUT2D eigenvalue weighted by atomic mass is 10.2. The average molecular weight is 300 g/mol. The summed E-state index contributed by atoms with van der Waals surface area (Å²) in [6, 6.07) is 5.63. The number of carbonyl (C=O) groups excluding carboxylic acids is 1. The first kappa shape index (κ1) is 14.4. The monoisotopic (exact) mass is 300 g/mol. The minimum absolute atomic E-state index is 0.294. The number of benzene rings is 1. The minimum atomic E-state index is -0.340. The van der Waals surface area contributed by atoms with E-state index in [0.29, 0.717) is 22.9 Å².